The molecule has 2 atom stereocenters. The van der Waals surface area contributed by atoms with E-state index in [9.17, 15) is 5.11 Å². The highest BCUT2D eigenvalue weighted by molar-refractivity contribution is 4.79. The Hall–Kier alpha value is -0.160. The predicted molar refractivity (Wildman–Crippen MR) is 44.9 cm³/mol. The van der Waals surface area contributed by atoms with Crippen LogP contribution < -0.4 is 5.32 Å². The normalized spacial score (nSPS) is 28.8. The van der Waals surface area contributed by atoms with Crippen LogP contribution in [-0.4, -0.2) is 48.2 Å². The molecule has 0 bridgehead atoms. The summed E-state index contributed by atoms with van der Waals surface area (Å²) in [5.41, 5.74) is -1.01. The van der Waals surface area contributed by atoms with Crippen molar-refractivity contribution in [2.45, 2.75) is 25.0 Å². The molecule has 0 amide bonds. The van der Waals surface area contributed by atoms with Crippen LogP contribution in [-0.2, 0) is 4.74 Å². The van der Waals surface area contributed by atoms with Crippen LogP contribution in [0.1, 0.15) is 13.3 Å². The largest absolute Gasteiger partial charge is 0.393 e. The van der Waals surface area contributed by atoms with Crippen molar-refractivity contribution in [2.24, 2.45) is 0 Å². The molecular formula is C8H17NO3. The van der Waals surface area contributed by atoms with Crippen LogP contribution in [0.2, 0.25) is 0 Å². The van der Waals surface area contributed by atoms with Gasteiger partial charge in [0.2, 0.25) is 0 Å². The first-order valence-corrected chi connectivity index (χ1v) is 4.28. The minimum absolute atomic E-state index is 0.215. The van der Waals surface area contributed by atoms with E-state index in [4.69, 9.17) is 9.84 Å². The monoisotopic (exact) mass is 175 g/mol. The smallest absolute Gasteiger partial charge is 0.0972 e. The molecular weight excluding hydrogens is 158 g/mol. The summed E-state index contributed by atoms with van der Waals surface area (Å²) in [6, 6.07) is 0.336. The molecule has 0 aromatic rings. The number of hydrogen-bond donors (Lipinski definition) is 3. The molecule has 1 aliphatic heterocycles. The Kier molecular flexibility index (Phi) is 3.46. The van der Waals surface area contributed by atoms with Crippen molar-refractivity contribution in [1.82, 2.24) is 5.32 Å². The molecule has 0 spiro atoms. The van der Waals surface area contributed by atoms with Crippen molar-refractivity contribution >= 4 is 0 Å². The first-order chi connectivity index (χ1) is 5.64. The number of rotatable bonds is 4. The molecule has 1 rings (SSSR count). The van der Waals surface area contributed by atoms with Gasteiger partial charge in [0.15, 0.2) is 0 Å². The molecule has 4 nitrogen and oxygen atoms in total. The Morgan fingerprint density at radius 3 is 2.92 bits per heavy atom. The summed E-state index contributed by atoms with van der Waals surface area (Å²) in [6.07, 6.45) is 0.988. The maximum absolute atomic E-state index is 9.43. The van der Waals surface area contributed by atoms with Gasteiger partial charge in [-0.25, -0.2) is 0 Å². The third-order valence-electron chi connectivity index (χ3n) is 2.04. The molecule has 4 heteroatoms. The van der Waals surface area contributed by atoms with Gasteiger partial charge in [-0.1, -0.05) is 0 Å². The zero-order valence-corrected chi connectivity index (χ0v) is 7.42. The summed E-state index contributed by atoms with van der Waals surface area (Å²) in [4.78, 5) is 0. The molecule has 0 saturated carbocycles. The summed E-state index contributed by atoms with van der Waals surface area (Å²) in [5, 5.41) is 21.3. The summed E-state index contributed by atoms with van der Waals surface area (Å²) in [7, 11) is 0. The Balaban J connectivity index is 2.15. The highest BCUT2D eigenvalue weighted by atomic mass is 16.5. The van der Waals surface area contributed by atoms with Crippen molar-refractivity contribution in [2.75, 3.05) is 26.4 Å². The van der Waals surface area contributed by atoms with E-state index in [0.717, 1.165) is 13.0 Å². The number of hydrogen-bond acceptors (Lipinski definition) is 4. The molecule has 0 aromatic heterocycles. The maximum Gasteiger partial charge on any atom is 0.0972 e. The highest BCUT2D eigenvalue weighted by Gasteiger charge is 2.22. The van der Waals surface area contributed by atoms with Crippen LogP contribution in [0.4, 0.5) is 0 Å². The summed E-state index contributed by atoms with van der Waals surface area (Å²) in [5.74, 6) is 0. The van der Waals surface area contributed by atoms with Gasteiger partial charge >= 0.3 is 0 Å². The summed E-state index contributed by atoms with van der Waals surface area (Å²) in [6.45, 7) is 3.31. The fraction of sp³-hybridized carbons (Fsp3) is 1.00. The van der Waals surface area contributed by atoms with Crippen molar-refractivity contribution < 1.29 is 14.9 Å². The van der Waals surface area contributed by atoms with Crippen molar-refractivity contribution in [1.29, 1.82) is 0 Å². The number of aliphatic hydroxyl groups is 2. The van der Waals surface area contributed by atoms with E-state index in [1.54, 1.807) is 6.92 Å². The predicted octanol–water partition coefficient (Wildman–Crippen LogP) is -0.892. The molecule has 1 saturated heterocycles. The van der Waals surface area contributed by atoms with E-state index >= 15 is 0 Å². The average molecular weight is 175 g/mol. The third kappa shape index (κ3) is 3.06. The standard InChI is InChI=1S/C8H17NO3/c1-8(11,6-10)5-9-7-2-3-12-4-7/h7,9-11H,2-6H2,1H3. The molecule has 12 heavy (non-hydrogen) atoms. The molecule has 1 heterocycles. The molecule has 0 radical (unpaired) electrons. The van der Waals surface area contributed by atoms with Crippen molar-refractivity contribution in [3.8, 4) is 0 Å². The van der Waals surface area contributed by atoms with Crippen LogP contribution in [0.25, 0.3) is 0 Å². The van der Waals surface area contributed by atoms with Crippen LogP contribution in [0.5, 0.6) is 0 Å². The van der Waals surface area contributed by atoms with Crippen LogP contribution >= 0.6 is 0 Å². The fourth-order valence-electron chi connectivity index (χ4n) is 1.12. The molecule has 1 aliphatic rings. The highest BCUT2D eigenvalue weighted by Crippen LogP contribution is 2.05. The molecule has 0 aliphatic carbocycles. The van der Waals surface area contributed by atoms with Crippen LogP contribution in [0.15, 0.2) is 0 Å². The molecule has 2 unspecified atom stereocenters. The average Bonchev–Trinajstić information content (AvgIpc) is 2.53. The van der Waals surface area contributed by atoms with E-state index in [1.807, 2.05) is 0 Å². The zero-order chi connectivity index (χ0) is 9.03. The lowest BCUT2D eigenvalue weighted by Gasteiger charge is -2.22. The quantitative estimate of drug-likeness (QED) is 0.518. The van der Waals surface area contributed by atoms with Crippen molar-refractivity contribution in [3.05, 3.63) is 0 Å². The molecule has 72 valence electrons. The minimum atomic E-state index is -1.01. The van der Waals surface area contributed by atoms with E-state index in [2.05, 4.69) is 5.32 Å². The molecule has 0 aromatic carbocycles. The second-order valence-corrected chi connectivity index (χ2v) is 3.60. The van der Waals surface area contributed by atoms with Crippen LogP contribution in [0.3, 0.4) is 0 Å². The second-order valence-electron chi connectivity index (χ2n) is 3.60. The van der Waals surface area contributed by atoms with Gasteiger partial charge in [-0.15, -0.1) is 0 Å². The van der Waals surface area contributed by atoms with Gasteiger partial charge in [-0.05, 0) is 13.3 Å². The first kappa shape index (κ1) is 9.92. The molecule has 3 N–H and O–H groups in total. The van der Waals surface area contributed by atoms with Gasteiger partial charge in [0.05, 0.1) is 18.8 Å². The molecule has 1 fully saturated rings. The Labute approximate surface area is 72.5 Å². The van der Waals surface area contributed by atoms with E-state index in [-0.39, 0.29) is 6.61 Å². The third-order valence-corrected chi connectivity index (χ3v) is 2.04. The number of ether oxygens (including phenoxy) is 1. The van der Waals surface area contributed by atoms with E-state index < -0.39 is 5.60 Å². The Morgan fingerprint density at radius 2 is 2.42 bits per heavy atom. The van der Waals surface area contributed by atoms with E-state index in [1.165, 1.54) is 0 Å². The fourth-order valence-corrected chi connectivity index (χ4v) is 1.12. The zero-order valence-electron chi connectivity index (χ0n) is 7.42. The maximum atomic E-state index is 9.43. The second kappa shape index (κ2) is 4.18. The van der Waals surface area contributed by atoms with Crippen molar-refractivity contribution in [3.63, 3.8) is 0 Å². The van der Waals surface area contributed by atoms with Gasteiger partial charge in [0.25, 0.3) is 0 Å². The minimum Gasteiger partial charge on any atom is -0.393 e. The van der Waals surface area contributed by atoms with Gasteiger partial charge in [-0.2, -0.15) is 0 Å². The van der Waals surface area contributed by atoms with Crippen LogP contribution in [0, 0.1) is 0 Å². The number of aliphatic hydroxyl groups excluding tert-OH is 1. The van der Waals surface area contributed by atoms with E-state index in [0.29, 0.717) is 19.2 Å². The topological polar surface area (TPSA) is 61.7 Å². The lowest BCUT2D eigenvalue weighted by molar-refractivity contribution is 0.000546. The van der Waals surface area contributed by atoms with Gasteiger partial charge in [-0.3, -0.25) is 0 Å². The van der Waals surface area contributed by atoms with Gasteiger partial charge < -0.3 is 20.3 Å². The summed E-state index contributed by atoms with van der Waals surface area (Å²) >= 11 is 0. The Morgan fingerprint density at radius 1 is 1.67 bits per heavy atom. The lowest BCUT2D eigenvalue weighted by atomic mass is 10.1. The Bertz CT molecular complexity index is 132. The lowest BCUT2D eigenvalue weighted by Crippen LogP contribution is -2.45. The van der Waals surface area contributed by atoms with Gasteiger partial charge in [0, 0.05) is 19.2 Å². The first-order valence-electron chi connectivity index (χ1n) is 4.28. The number of nitrogens with one attached hydrogen (secondary N) is 1. The SMILES string of the molecule is CC(O)(CO)CNC1CCOC1. The summed E-state index contributed by atoms with van der Waals surface area (Å²) < 4.78 is 5.15. The van der Waals surface area contributed by atoms with Gasteiger partial charge in [0.1, 0.15) is 0 Å².